The molecule has 1 saturated carbocycles. The molecule has 1 aromatic rings. The fourth-order valence-corrected chi connectivity index (χ4v) is 4.29. The number of benzene rings is 1. The molecule has 0 radical (unpaired) electrons. The maximum atomic E-state index is 12.5. The zero-order valence-electron chi connectivity index (χ0n) is 12.6. The zero-order valence-corrected chi connectivity index (χ0v) is 12.6. The van der Waals surface area contributed by atoms with E-state index in [0.29, 0.717) is 12.8 Å². The first-order valence-corrected chi connectivity index (χ1v) is 7.31. The van der Waals surface area contributed by atoms with Crippen LogP contribution in [0.15, 0.2) is 12.1 Å². The molecule has 0 aliphatic heterocycles. The van der Waals surface area contributed by atoms with Gasteiger partial charge in [-0.15, -0.1) is 0 Å². The van der Waals surface area contributed by atoms with E-state index >= 15 is 0 Å². The van der Waals surface area contributed by atoms with E-state index in [-0.39, 0.29) is 46.4 Å². The molecule has 2 aliphatic rings. The lowest BCUT2D eigenvalue weighted by atomic mass is 9.49. The molecule has 0 aromatic heterocycles. The summed E-state index contributed by atoms with van der Waals surface area (Å²) < 4.78 is 0. The van der Waals surface area contributed by atoms with Gasteiger partial charge in [0.05, 0.1) is 5.56 Å². The number of carbonyl (C=O) groups is 2. The average Bonchev–Trinajstić information content (AvgIpc) is 2.41. The van der Waals surface area contributed by atoms with Crippen molar-refractivity contribution in [3.63, 3.8) is 0 Å². The van der Waals surface area contributed by atoms with Crippen LogP contribution < -0.4 is 0 Å². The van der Waals surface area contributed by atoms with Crippen molar-refractivity contribution in [3.8, 4) is 11.5 Å². The van der Waals surface area contributed by atoms with Crippen LogP contribution >= 0.6 is 0 Å². The first kappa shape index (κ1) is 14.1. The molecule has 2 aliphatic carbocycles. The molecule has 0 unspecified atom stereocenters. The van der Waals surface area contributed by atoms with Gasteiger partial charge in [0.25, 0.3) is 0 Å². The zero-order chi connectivity index (χ0) is 15.6. The Morgan fingerprint density at radius 1 is 1.14 bits per heavy atom. The Labute approximate surface area is 123 Å². The highest BCUT2D eigenvalue weighted by molar-refractivity contribution is 6.03. The van der Waals surface area contributed by atoms with Crippen molar-refractivity contribution in [2.45, 2.75) is 45.4 Å². The first-order chi connectivity index (χ1) is 9.69. The first-order valence-electron chi connectivity index (χ1n) is 7.31. The van der Waals surface area contributed by atoms with E-state index in [1.807, 2.05) is 13.8 Å². The minimum Gasteiger partial charge on any atom is -0.504 e. The molecule has 0 spiro atoms. The van der Waals surface area contributed by atoms with Crippen LogP contribution in [-0.4, -0.2) is 21.8 Å². The number of hydrogen-bond acceptors (Lipinski definition) is 4. The lowest BCUT2D eigenvalue weighted by Crippen LogP contribution is -2.53. The topological polar surface area (TPSA) is 74.6 Å². The van der Waals surface area contributed by atoms with Crippen LogP contribution in [0.25, 0.3) is 0 Å². The number of fused-ring (bicyclic) bond motifs is 3. The SMILES string of the molecule is CC1(C)C(=O)CC[C@]2(C)c3ccc(O)c(O)c3C(=O)C[C@@H]12. The van der Waals surface area contributed by atoms with Crippen LogP contribution in [0.2, 0.25) is 0 Å². The van der Waals surface area contributed by atoms with Crippen molar-refractivity contribution in [2.75, 3.05) is 0 Å². The number of carbonyl (C=O) groups excluding carboxylic acids is 2. The maximum absolute atomic E-state index is 12.5. The summed E-state index contributed by atoms with van der Waals surface area (Å²) in [6.07, 6.45) is 1.39. The Balaban J connectivity index is 2.25. The summed E-state index contributed by atoms with van der Waals surface area (Å²) in [5, 5.41) is 19.7. The van der Waals surface area contributed by atoms with Crippen LogP contribution in [-0.2, 0) is 10.2 Å². The van der Waals surface area contributed by atoms with Gasteiger partial charge in [-0.2, -0.15) is 0 Å². The number of Topliss-reactive ketones (excluding diaryl/α,β-unsaturated/α-hetero) is 2. The molecular formula is C17H20O4. The smallest absolute Gasteiger partial charge is 0.168 e. The third-order valence-electron chi connectivity index (χ3n) is 5.67. The summed E-state index contributed by atoms with van der Waals surface area (Å²) in [4.78, 5) is 24.7. The number of phenols is 2. The minimum absolute atomic E-state index is 0.0739. The van der Waals surface area contributed by atoms with Crippen LogP contribution in [0.1, 0.15) is 56.0 Å². The van der Waals surface area contributed by atoms with Gasteiger partial charge in [-0.1, -0.05) is 26.8 Å². The van der Waals surface area contributed by atoms with E-state index in [1.54, 1.807) is 6.07 Å². The normalized spacial score (nSPS) is 30.7. The molecule has 112 valence electrons. The second kappa shape index (κ2) is 4.09. The average molecular weight is 288 g/mol. The molecule has 21 heavy (non-hydrogen) atoms. The van der Waals surface area contributed by atoms with Crippen LogP contribution in [0.3, 0.4) is 0 Å². The lowest BCUT2D eigenvalue weighted by Gasteiger charge is -2.52. The van der Waals surface area contributed by atoms with Crippen molar-refractivity contribution in [1.29, 1.82) is 0 Å². The molecule has 3 rings (SSSR count). The number of aromatic hydroxyl groups is 2. The van der Waals surface area contributed by atoms with Gasteiger partial charge < -0.3 is 10.2 Å². The van der Waals surface area contributed by atoms with E-state index < -0.39 is 5.41 Å². The van der Waals surface area contributed by atoms with Crippen molar-refractivity contribution in [2.24, 2.45) is 11.3 Å². The van der Waals surface area contributed by atoms with Crippen LogP contribution in [0.5, 0.6) is 11.5 Å². The summed E-state index contributed by atoms with van der Waals surface area (Å²) in [6.45, 7) is 5.89. The Bertz CT molecular complexity index is 659. The molecule has 4 nitrogen and oxygen atoms in total. The van der Waals surface area contributed by atoms with Gasteiger partial charge in [0.1, 0.15) is 5.78 Å². The molecule has 0 heterocycles. The fraction of sp³-hybridized carbons (Fsp3) is 0.529. The maximum Gasteiger partial charge on any atom is 0.168 e. The molecule has 0 bridgehead atoms. The van der Waals surface area contributed by atoms with Crippen LogP contribution in [0, 0.1) is 11.3 Å². The molecule has 2 atom stereocenters. The third kappa shape index (κ3) is 1.68. The Morgan fingerprint density at radius 2 is 1.81 bits per heavy atom. The van der Waals surface area contributed by atoms with Crippen LogP contribution in [0.4, 0.5) is 0 Å². The predicted molar refractivity (Wildman–Crippen MR) is 77.6 cm³/mol. The number of rotatable bonds is 0. The number of ketones is 2. The largest absolute Gasteiger partial charge is 0.504 e. The van der Waals surface area contributed by atoms with E-state index in [4.69, 9.17) is 0 Å². The summed E-state index contributed by atoms with van der Waals surface area (Å²) >= 11 is 0. The third-order valence-corrected chi connectivity index (χ3v) is 5.67. The van der Waals surface area contributed by atoms with Gasteiger partial charge in [0, 0.05) is 18.3 Å². The van der Waals surface area contributed by atoms with Crippen molar-refractivity contribution < 1.29 is 19.8 Å². The van der Waals surface area contributed by atoms with E-state index in [9.17, 15) is 19.8 Å². The van der Waals surface area contributed by atoms with Gasteiger partial charge in [-0.25, -0.2) is 0 Å². The molecule has 1 aromatic carbocycles. The number of hydrogen-bond donors (Lipinski definition) is 2. The Kier molecular flexibility index (Phi) is 2.75. The van der Waals surface area contributed by atoms with Crippen molar-refractivity contribution in [3.05, 3.63) is 23.3 Å². The lowest BCUT2D eigenvalue weighted by molar-refractivity contribution is -0.136. The molecule has 2 N–H and O–H groups in total. The highest BCUT2D eigenvalue weighted by atomic mass is 16.3. The second-order valence-corrected chi connectivity index (χ2v) is 7.10. The van der Waals surface area contributed by atoms with E-state index in [0.717, 1.165) is 5.56 Å². The van der Waals surface area contributed by atoms with E-state index in [2.05, 4.69) is 6.92 Å². The number of phenolic OH excluding ortho intramolecular Hbond substituents is 2. The quantitative estimate of drug-likeness (QED) is 0.720. The Hall–Kier alpha value is -1.84. The van der Waals surface area contributed by atoms with Gasteiger partial charge in [0.2, 0.25) is 0 Å². The fourth-order valence-electron chi connectivity index (χ4n) is 4.29. The van der Waals surface area contributed by atoms with Crippen molar-refractivity contribution >= 4 is 11.6 Å². The molecule has 1 fully saturated rings. The highest BCUT2D eigenvalue weighted by Crippen LogP contribution is 2.57. The molecule has 0 amide bonds. The van der Waals surface area contributed by atoms with Gasteiger partial charge in [-0.3, -0.25) is 9.59 Å². The highest BCUT2D eigenvalue weighted by Gasteiger charge is 2.55. The molecular weight excluding hydrogens is 268 g/mol. The summed E-state index contributed by atoms with van der Waals surface area (Å²) in [5.74, 6) is -0.662. The standard InChI is InChI=1S/C17H20O4/c1-16(2)12-8-11(19)14-9(4-5-10(18)15(14)21)17(12,3)7-6-13(16)20/h4-5,12,18,21H,6-8H2,1-3H3/t12-,17+/m0/s1. The minimum atomic E-state index is -0.548. The van der Waals surface area contributed by atoms with E-state index in [1.165, 1.54) is 6.07 Å². The second-order valence-electron chi connectivity index (χ2n) is 7.10. The van der Waals surface area contributed by atoms with Crippen molar-refractivity contribution in [1.82, 2.24) is 0 Å². The van der Waals surface area contributed by atoms with Gasteiger partial charge >= 0.3 is 0 Å². The Morgan fingerprint density at radius 3 is 2.48 bits per heavy atom. The monoisotopic (exact) mass is 288 g/mol. The molecule has 4 heteroatoms. The van der Waals surface area contributed by atoms with Gasteiger partial charge in [-0.05, 0) is 29.4 Å². The summed E-state index contributed by atoms with van der Waals surface area (Å²) in [7, 11) is 0. The predicted octanol–water partition coefficient (Wildman–Crippen LogP) is 2.95. The molecule has 0 saturated heterocycles. The van der Waals surface area contributed by atoms with Gasteiger partial charge in [0.15, 0.2) is 17.3 Å². The summed E-state index contributed by atoms with van der Waals surface area (Å²) in [6, 6.07) is 3.15. The summed E-state index contributed by atoms with van der Waals surface area (Å²) in [5.41, 5.74) is 0.123.